The molecular formula is C16H17NO2. The Bertz CT molecular complexity index is 633. The van der Waals surface area contributed by atoms with Crippen LogP contribution in [0.2, 0.25) is 0 Å². The lowest BCUT2D eigenvalue weighted by Gasteiger charge is -2.19. The molecule has 2 aromatic rings. The highest BCUT2D eigenvalue weighted by molar-refractivity contribution is 5.98. The third-order valence-electron chi connectivity index (χ3n) is 3.74. The molecular weight excluding hydrogens is 238 g/mol. The van der Waals surface area contributed by atoms with Crippen LogP contribution >= 0.6 is 0 Å². The number of benzene rings is 2. The van der Waals surface area contributed by atoms with E-state index >= 15 is 0 Å². The van der Waals surface area contributed by atoms with E-state index < -0.39 is 5.60 Å². The first-order chi connectivity index (χ1) is 9.05. The fraction of sp³-hybridized carbons (Fsp3) is 0.312. The number of aliphatic hydroxyl groups is 1. The zero-order valence-electron chi connectivity index (χ0n) is 11.0. The van der Waals surface area contributed by atoms with Crippen LogP contribution in [0.25, 0.3) is 10.8 Å². The smallest absolute Gasteiger partial charge is 0.253 e. The van der Waals surface area contributed by atoms with E-state index in [9.17, 15) is 9.90 Å². The fourth-order valence-electron chi connectivity index (χ4n) is 2.62. The molecule has 1 unspecified atom stereocenters. The molecule has 1 aliphatic rings. The Kier molecular flexibility index (Phi) is 2.79. The van der Waals surface area contributed by atoms with E-state index in [0.29, 0.717) is 25.1 Å². The van der Waals surface area contributed by atoms with Gasteiger partial charge in [0.2, 0.25) is 0 Å². The maximum absolute atomic E-state index is 12.4. The van der Waals surface area contributed by atoms with Gasteiger partial charge in [0.05, 0.1) is 5.60 Å². The summed E-state index contributed by atoms with van der Waals surface area (Å²) in [5.41, 5.74) is -0.0524. The largest absolute Gasteiger partial charge is 0.388 e. The molecule has 0 radical (unpaired) electrons. The van der Waals surface area contributed by atoms with Gasteiger partial charge < -0.3 is 10.0 Å². The van der Waals surface area contributed by atoms with E-state index in [4.69, 9.17) is 0 Å². The van der Waals surface area contributed by atoms with Gasteiger partial charge in [-0.2, -0.15) is 0 Å². The van der Waals surface area contributed by atoms with Crippen molar-refractivity contribution in [3.8, 4) is 0 Å². The molecule has 1 aliphatic heterocycles. The number of nitrogens with zero attached hydrogens (tertiary/aromatic N) is 1. The van der Waals surface area contributed by atoms with Crippen LogP contribution in [0.4, 0.5) is 0 Å². The Morgan fingerprint density at radius 2 is 1.95 bits per heavy atom. The van der Waals surface area contributed by atoms with E-state index in [1.807, 2.05) is 42.5 Å². The molecule has 1 heterocycles. The lowest BCUT2D eigenvalue weighted by Crippen LogP contribution is -2.33. The number of carbonyl (C=O) groups excluding carboxylic acids is 1. The summed E-state index contributed by atoms with van der Waals surface area (Å²) in [7, 11) is 0. The maximum Gasteiger partial charge on any atom is 0.253 e. The number of hydrogen-bond donors (Lipinski definition) is 1. The minimum atomic E-state index is -0.744. The predicted molar refractivity (Wildman–Crippen MR) is 75.1 cm³/mol. The van der Waals surface area contributed by atoms with Crippen LogP contribution in [0.15, 0.2) is 42.5 Å². The van der Waals surface area contributed by atoms with E-state index in [1.54, 1.807) is 11.8 Å². The summed E-state index contributed by atoms with van der Waals surface area (Å²) >= 11 is 0. The molecule has 0 saturated carbocycles. The van der Waals surface area contributed by atoms with E-state index in [0.717, 1.165) is 10.8 Å². The van der Waals surface area contributed by atoms with Crippen LogP contribution < -0.4 is 0 Å². The monoisotopic (exact) mass is 255 g/mol. The average Bonchev–Trinajstić information content (AvgIpc) is 2.78. The van der Waals surface area contributed by atoms with E-state index in [2.05, 4.69) is 0 Å². The summed E-state index contributed by atoms with van der Waals surface area (Å²) < 4.78 is 0. The molecule has 1 amide bonds. The van der Waals surface area contributed by atoms with Gasteiger partial charge in [-0.3, -0.25) is 4.79 Å². The lowest BCUT2D eigenvalue weighted by atomic mass is 10.1. The van der Waals surface area contributed by atoms with Gasteiger partial charge in [0.15, 0.2) is 0 Å². The van der Waals surface area contributed by atoms with Crippen molar-refractivity contribution in [2.75, 3.05) is 13.1 Å². The first-order valence-corrected chi connectivity index (χ1v) is 6.56. The molecule has 2 aromatic carbocycles. The van der Waals surface area contributed by atoms with E-state index in [-0.39, 0.29) is 5.91 Å². The van der Waals surface area contributed by atoms with E-state index in [1.165, 1.54) is 0 Å². The standard InChI is InChI=1S/C16H17NO2/c1-16(19)8-9-17(11-16)15(18)14-7-6-12-4-2-3-5-13(12)10-14/h2-7,10,19H,8-9,11H2,1H3. The summed E-state index contributed by atoms with van der Waals surface area (Å²) in [6.45, 7) is 2.82. The summed E-state index contributed by atoms with van der Waals surface area (Å²) in [5, 5.41) is 12.1. The predicted octanol–water partition coefficient (Wildman–Crippen LogP) is 2.44. The molecule has 0 aliphatic carbocycles. The first-order valence-electron chi connectivity index (χ1n) is 6.56. The molecule has 1 N–H and O–H groups in total. The summed E-state index contributed by atoms with van der Waals surface area (Å²) in [6.07, 6.45) is 0.645. The summed E-state index contributed by atoms with van der Waals surface area (Å²) in [6, 6.07) is 13.7. The zero-order chi connectivity index (χ0) is 13.5. The Balaban J connectivity index is 1.90. The van der Waals surface area contributed by atoms with Gasteiger partial charge in [-0.05, 0) is 36.2 Å². The first kappa shape index (κ1) is 12.2. The van der Waals surface area contributed by atoms with Crippen LogP contribution in [0.1, 0.15) is 23.7 Å². The average molecular weight is 255 g/mol. The quantitative estimate of drug-likeness (QED) is 0.850. The Morgan fingerprint density at radius 3 is 2.63 bits per heavy atom. The second-order valence-electron chi connectivity index (χ2n) is 5.54. The number of amides is 1. The zero-order valence-corrected chi connectivity index (χ0v) is 11.0. The maximum atomic E-state index is 12.4. The normalized spacial score (nSPS) is 22.9. The topological polar surface area (TPSA) is 40.5 Å². The molecule has 98 valence electrons. The van der Waals surface area contributed by atoms with Crippen molar-refractivity contribution in [2.24, 2.45) is 0 Å². The number of carbonyl (C=O) groups is 1. The van der Waals surface area contributed by atoms with Crippen LogP contribution in [-0.2, 0) is 0 Å². The highest BCUT2D eigenvalue weighted by Crippen LogP contribution is 2.23. The molecule has 3 rings (SSSR count). The lowest BCUT2D eigenvalue weighted by molar-refractivity contribution is 0.0572. The van der Waals surface area contributed by atoms with Gasteiger partial charge in [0.1, 0.15) is 0 Å². The van der Waals surface area contributed by atoms with Crippen LogP contribution in [-0.4, -0.2) is 34.6 Å². The molecule has 0 aromatic heterocycles. The van der Waals surface area contributed by atoms with Gasteiger partial charge in [0, 0.05) is 18.7 Å². The number of rotatable bonds is 1. The van der Waals surface area contributed by atoms with Crippen molar-refractivity contribution in [3.63, 3.8) is 0 Å². The van der Waals surface area contributed by atoms with Crippen molar-refractivity contribution < 1.29 is 9.90 Å². The molecule has 1 saturated heterocycles. The molecule has 3 nitrogen and oxygen atoms in total. The summed E-state index contributed by atoms with van der Waals surface area (Å²) in [5.74, 6) is 0.00327. The minimum absolute atomic E-state index is 0.00327. The third-order valence-corrected chi connectivity index (χ3v) is 3.74. The van der Waals surface area contributed by atoms with Crippen molar-refractivity contribution in [2.45, 2.75) is 18.9 Å². The number of likely N-dealkylation sites (tertiary alicyclic amines) is 1. The van der Waals surface area contributed by atoms with Gasteiger partial charge >= 0.3 is 0 Å². The van der Waals surface area contributed by atoms with Crippen LogP contribution in [0.3, 0.4) is 0 Å². The minimum Gasteiger partial charge on any atom is -0.388 e. The van der Waals surface area contributed by atoms with Gasteiger partial charge in [-0.15, -0.1) is 0 Å². The molecule has 1 fully saturated rings. The number of fused-ring (bicyclic) bond motifs is 1. The molecule has 0 spiro atoms. The molecule has 19 heavy (non-hydrogen) atoms. The van der Waals surface area contributed by atoms with Gasteiger partial charge in [-0.1, -0.05) is 30.3 Å². The fourth-order valence-corrected chi connectivity index (χ4v) is 2.62. The Morgan fingerprint density at radius 1 is 1.21 bits per heavy atom. The Labute approximate surface area is 112 Å². The van der Waals surface area contributed by atoms with Gasteiger partial charge in [0.25, 0.3) is 5.91 Å². The molecule has 3 heteroatoms. The number of hydrogen-bond acceptors (Lipinski definition) is 2. The van der Waals surface area contributed by atoms with Crippen molar-refractivity contribution in [3.05, 3.63) is 48.0 Å². The van der Waals surface area contributed by atoms with Crippen molar-refractivity contribution in [1.82, 2.24) is 4.90 Å². The van der Waals surface area contributed by atoms with Crippen molar-refractivity contribution >= 4 is 16.7 Å². The molecule has 1 atom stereocenters. The van der Waals surface area contributed by atoms with Crippen LogP contribution in [0, 0.1) is 0 Å². The number of β-amino-alcohol motifs (C(OH)–C–C–N with tert-alkyl or cyclic N) is 1. The third kappa shape index (κ3) is 2.34. The molecule has 0 bridgehead atoms. The second kappa shape index (κ2) is 4.35. The van der Waals surface area contributed by atoms with Crippen molar-refractivity contribution in [1.29, 1.82) is 0 Å². The van der Waals surface area contributed by atoms with Crippen LogP contribution in [0.5, 0.6) is 0 Å². The highest BCUT2D eigenvalue weighted by Gasteiger charge is 2.34. The van der Waals surface area contributed by atoms with Gasteiger partial charge in [-0.25, -0.2) is 0 Å². The SMILES string of the molecule is CC1(O)CCN(C(=O)c2ccc3ccccc3c2)C1. The summed E-state index contributed by atoms with van der Waals surface area (Å²) in [4.78, 5) is 14.1. The highest BCUT2D eigenvalue weighted by atomic mass is 16.3. The second-order valence-corrected chi connectivity index (χ2v) is 5.54. The Hall–Kier alpha value is -1.87.